The van der Waals surface area contributed by atoms with Crippen molar-refractivity contribution in [3.63, 3.8) is 0 Å². The van der Waals surface area contributed by atoms with Crippen LogP contribution in [-0.4, -0.2) is 17.3 Å². The van der Waals surface area contributed by atoms with Crippen molar-refractivity contribution in [2.75, 3.05) is 0 Å². The first-order chi connectivity index (χ1) is 3.79. The molecule has 0 radical (unpaired) electrons. The van der Waals surface area contributed by atoms with Crippen molar-refractivity contribution in [3.8, 4) is 0 Å². The smallest absolute Gasteiger partial charge is 0.852 e. The molecule has 0 aromatic rings. The Labute approximate surface area is 67.4 Å². The van der Waals surface area contributed by atoms with Crippen LogP contribution in [0.2, 0.25) is 0 Å². The van der Waals surface area contributed by atoms with Crippen molar-refractivity contribution in [1.82, 2.24) is 0 Å². The molecule has 0 aliphatic heterocycles. The summed E-state index contributed by atoms with van der Waals surface area (Å²) in [6.07, 6.45) is 2.20. The molecule has 0 heterocycles. The van der Waals surface area contributed by atoms with Gasteiger partial charge in [-0.1, -0.05) is 12.8 Å². The van der Waals surface area contributed by atoms with Crippen LogP contribution in [0, 0.1) is 0 Å². The standard InChI is InChI=1S/C6H11O2.Li/c7-5-1-2-6(8)4-3-5;/h5-7H,1-4H2;/q-1;+1. The molecular formula is C6H11LiO2. The van der Waals surface area contributed by atoms with E-state index in [1.165, 1.54) is 0 Å². The fraction of sp³-hybridized carbons (Fsp3) is 1.00. The van der Waals surface area contributed by atoms with E-state index in [0.717, 1.165) is 0 Å². The van der Waals surface area contributed by atoms with Gasteiger partial charge in [-0.25, -0.2) is 0 Å². The third-order valence-electron chi connectivity index (χ3n) is 1.64. The number of hydrogen-bond donors (Lipinski definition) is 1. The molecule has 0 bridgehead atoms. The molecule has 1 fully saturated rings. The summed E-state index contributed by atoms with van der Waals surface area (Å²) in [6.45, 7) is 0. The average Bonchev–Trinajstić information content (AvgIpc) is 1.77. The Hall–Kier alpha value is 0.517. The van der Waals surface area contributed by atoms with Crippen LogP contribution in [0.15, 0.2) is 0 Å². The first-order valence-corrected chi connectivity index (χ1v) is 3.13. The fourth-order valence-electron chi connectivity index (χ4n) is 1.05. The first kappa shape index (κ1) is 9.52. The maximum Gasteiger partial charge on any atom is 1.00 e. The van der Waals surface area contributed by atoms with E-state index in [0.29, 0.717) is 25.7 Å². The predicted molar refractivity (Wildman–Crippen MR) is 28.3 cm³/mol. The summed E-state index contributed by atoms with van der Waals surface area (Å²) in [5, 5.41) is 19.5. The fourth-order valence-corrected chi connectivity index (χ4v) is 1.05. The van der Waals surface area contributed by atoms with Crippen molar-refractivity contribution in [2.45, 2.75) is 37.9 Å². The molecule has 0 atom stereocenters. The van der Waals surface area contributed by atoms with E-state index in [1.807, 2.05) is 0 Å². The second-order valence-electron chi connectivity index (χ2n) is 2.43. The van der Waals surface area contributed by atoms with Gasteiger partial charge in [-0.15, -0.1) is 6.10 Å². The van der Waals surface area contributed by atoms with Crippen LogP contribution < -0.4 is 24.0 Å². The average molecular weight is 122 g/mol. The van der Waals surface area contributed by atoms with Crippen LogP contribution in [0.25, 0.3) is 0 Å². The second-order valence-corrected chi connectivity index (χ2v) is 2.43. The van der Waals surface area contributed by atoms with Gasteiger partial charge in [-0.05, 0) is 12.8 Å². The largest absolute Gasteiger partial charge is 1.00 e. The van der Waals surface area contributed by atoms with E-state index in [2.05, 4.69) is 0 Å². The number of aliphatic hydroxyl groups is 1. The third-order valence-corrected chi connectivity index (χ3v) is 1.64. The van der Waals surface area contributed by atoms with Gasteiger partial charge in [0, 0.05) is 0 Å². The SMILES string of the molecule is [Li+].[O-]C1CCC(O)CC1. The van der Waals surface area contributed by atoms with E-state index < -0.39 is 6.10 Å². The van der Waals surface area contributed by atoms with Gasteiger partial charge in [0.05, 0.1) is 6.10 Å². The Balaban J connectivity index is 0.000000640. The van der Waals surface area contributed by atoms with Gasteiger partial charge in [0.25, 0.3) is 0 Å². The van der Waals surface area contributed by atoms with E-state index in [9.17, 15) is 5.11 Å². The monoisotopic (exact) mass is 122 g/mol. The molecular weight excluding hydrogens is 111 g/mol. The number of aliphatic hydroxyl groups excluding tert-OH is 1. The minimum Gasteiger partial charge on any atom is -0.852 e. The van der Waals surface area contributed by atoms with Gasteiger partial charge in [0.15, 0.2) is 0 Å². The van der Waals surface area contributed by atoms with Gasteiger partial charge in [-0.2, -0.15) is 0 Å². The molecule has 0 aromatic heterocycles. The van der Waals surface area contributed by atoms with E-state index >= 15 is 0 Å². The molecule has 1 aliphatic rings. The molecule has 1 rings (SSSR count). The van der Waals surface area contributed by atoms with Gasteiger partial charge in [0.1, 0.15) is 0 Å². The quantitative estimate of drug-likeness (QED) is 0.341. The normalized spacial score (nSPS) is 35.3. The van der Waals surface area contributed by atoms with E-state index in [4.69, 9.17) is 5.11 Å². The molecule has 3 heteroatoms. The molecule has 0 aromatic carbocycles. The molecule has 1 N–H and O–H groups in total. The van der Waals surface area contributed by atoms with E-state index in [-0.39, 0.29) is 25.0 Å². The molecule has 0 saturated heterocycles. The Morgan fingerprint density at radius 2 is 1.56 bits per heavy atom. The Kier molecular flexibility index (Phi) is 4.60. The Morgan fingerprint density at radius 1 is 1.11 bits per heavy atom. The van der Waals surface area contributed by atoms with Gasteiger partial charge in [0.2, 0.25) is 0 Å². The molecule has 2 nitrogen and oxygen atoms in total. The van der Waals surface area contributed by atoms with Crippen LogP contribution in [0.1, 0.15) is 25.7 Å². The van der Waals surface area contributed by atoms with Crippen molar-refractivity contribution in [1.29, 1.82) is 0 Å². The number of rotatable bonds is 0. The second kappa shape index (κ2) is 4.35. The van der Waals surface area contributed by atoms with Gasteiger partial charge < -0.3 is 10.2 Å². The maximum atomic E-state index is 10.6. The minimum absolute atomic E-state index is 0. The Bertz CT molecular complexity index is 59.5. The zero-order valence-electron chi connectivity index (χ0n) is 5.84. The topological polar surface area (TPSA) is 43.3 Å². The summed E-state index contributed by atoms with van der Waals surface area (Å²) in [7, 11) is 0. The van der Waals surface area contributed by atoms with Crippen molar-refractivity contribution < 1.29 is 29.1 Å². The minimum atomic E-state index is -0.390. The van der Waals surface area contributed by atoms with Crippen LogP contribution in [0.5, 0.6) is 0 Å². The first-order valence-electron chi connectivity index (χ1n) is 3.13. The van der Waals surface area contributed by atoms with Gasteiger partial charge in [-0.3, -0.25) is 0 Å². The number of hydrogen-bond acceptors (Lipinski definition) is 2. The Morgan fingerprint density at radius 3 is 1.89 bits per heavy atom. The van der Waals surface area contributed by atoms with Gasteiger partial charge >= 0.3 is 18.9 Å². The predicted octanol–water partition coefficient (Wildman–Crippen LogP) is -3.35. The van der Waals surface area contributed by atoms with Crippen LogP contribution >= 0.6 is 0 Å². The molecule has 0 spiro atoms. The van der Waals surface area contributed by atoms with E-state index in [1.54, 1.807) is 0 Å². The van der Waals surface area contributed by atoms with Crippen molar-refractivity contribution in [2.24, 2.45) is 0 Å². The molecule has 1 saturated carbocycles. The third kappa shape index (κ3) is 3.27. The maximum absolute atomic E-state index is 10.6. The zero-order valence-corrected chi connectivity index (χ0v) is 5.84. The molecule has 9 heavy (non-hydrogen) atoms. The molecule has 48 valence electrons. The van der Waals surface area contributed by atoms with Crippen LogP contribution in [0.4, 0.5) is 0 Å². The van der Waals surface area contributed by atoms with Crippen LogP contribution in [0.3, 0.4) is 0 Å². The molecule has 0 unspecified atom stereocenters. The summed E-state index contributed by atoms with van der Waals surface area (Å²) < 4.78 is 0. The zero-order chi connectivity index (χ0) is 5.98. The molecule has 0 amide bonds. The van der Waals surface area contributed by atoms with Crippen molar-refractivity contribution in [3.05, 3.63) is 0 Å². The van der Waals surface area contributed by atoms with Crippen LogP contribution in [-0.2, 0) is 0 Å². The van der Waals surface area contributed by atoms with Crippen molar-refractivity contribution >= 4 is 0 Å². The summed E-state index contributed by atoms with van der Waals surface area (Å²) in [5.74, 6) is 0. The summed E-state index contributed by atoms with van der Waals surface area (Å²) in [6, 6.07) is 0. The summed E-state index contributed by atoms with van der Waals surface area (Å²) in [5.41, 5.74) is 0. The summed E-state index contributed by atoms with van der Waals surface area (Å²) >= 11 is 0. The summed E-state index contributed by atoms with van der Waals surface area (Å²) in [4.78, 5) is 0. The molecule has 1 aliphatic carbocycles.